The molecule has 0 saturated carbocycles. The number of allylic oxidation sites excluding steroid dienone is 1. The molecule has 1 aromatic carbocycles. The molecule has 0 aliphatic heterocycles. The minimum Gasteiger partial charge on any atom is -0.486 e. The lowest BCUT2D eigenvalue weighted by molar-refractivity contribution is 0.341. The van der Waals surface area contributed by atoms with Crippen molar-refractivity contribution in [2.24, 2.45) is 0 Å². The maximum Gasteiger partial charge on any atom is 0.184 e. The first kappa shape index (κ1) is 12.3. The summed E-state index contributed by atoms with van der Waals surface area (Å²) in [5, 5.41) is 0. The molecule has 90 valence electrons. The van der Waals surface area contributed by atoms with E-state index in [-0.39, 0.29) is 5.75 Å². The Morgan fingerprint density at radius 1 is 1.53 bits per heavy atom. The third-order valence-electron chi connectivity index (χ3n) is 2.15. The summed E-state index contributed by atoms with van der Waals surface area (Å²) < 4.78 is 20.2. The SMILES string of the molecule is CC(C)=CCOc1cc2sc(Cl)nc2cc1F. The van der Waals surface area contributed by atoms with Crippen LogP contribution in [0.5, 0.6) is 5.75 Å². The van der Waals surface area contributed by atoms with Gasteiger partial charge in [-0.2, -0.15) is 0 Å². The number of benzene rings is 1. The number of halogens is 2. The van der Waals surface area contributed by atoms with Crippen LogP contribution in [0.2, 0.25) is 4.47 Å². The summed E-state index contributed by atoms with van der Waals surface area (Å²) >= 11 is 7.08. The predicted molar refractivity (Wildman–Crippen MR) is 69.5 cm³/mol. The smallest absolute Gasteiger partial charge is 0.184 e. The highest BCUT2D eigenvalue weighted by molar-refractivity contribution is 7.22. The second-order valence-corrected chi connectivity index (χ2v) is 5.42. The van der Waals surface area contributed by atoms with Crippen molar-refractivity contribution in [1.82, 2.24) is 4.98 Å². The fraction of sp³-hybridized carbons (Fsp3) is 0.250. The molecule has 0 amide bonds. The van der Waals surface area contributed by atoms with Crippen molar-refractivity contribution >= 4 is 33.2 Å². The van der Waals surface area contributed by atoms with E-state index in [4.69, 9.17) is 16.3 Å². The molecule has 1 heterocycles. The van der Waals surface area contributed by atoms with E-state index in [0.717, 1.165) is 10.3 Å². The summed E-state index contributed by atoms with van der Waals surface area (Å²) in [7, 11) is 0. The minimum atomic E-state index is -0.415. The Morgan fingerprint density at radius 2 is 2.29 bits per heavy atom. The van der Waals surface area contributed by atoms with Gasteiger partial charge < -0.3 is 4.74 Å². The van der Waals surface area contributed by atoms with Gasteiger partial charge in [-0.1, -0.05) is 17.2 Å². The molecule has 0 saturated heterocycles. The Bertz CT molecular complexity index is 575. The molecule has 0 radical (unpaired) electrons. The van der Waals surface area contributed by atoms with E-state index in [1.165, 1.54) is 17.4 Å². The lowest BCUT2D eigenvalue weighted by Gasteiger charge is -2.04. The number of hydrogen-bond donors (Lipinski definition) is 0. The van der Waals surface area contributed by atoms with E-state index in [9.17, 15) is 4.39 Å². The summed E-state index contributed by atoms with van der Waals surface area (Å²) in [6.45, 7) is 4.29. The number of ether oxygens (including phenoxy) is 1. The van der Waals surface area contributed by atoms with Gasteiger partial charge in [0.15, 0.2) is 16.0 Å². The lowest BCUT2D eigenvalue weighted by atomic mass is 10.3. The first-order chi connectivity index (χ1) is 8.06. The van der Waals surface area contributed by atoms with Gasteiger partial charge in [-0.3, -0.25) is 0 Å². The molecule has 0 atom stereocenters. The second kappa shape index (κ2) is 5.02. The molecular formula is C12H11ClFNOS. The molecule has 5 heteroatoms. The van der Waals surface area contributed by atoms with Crippen LogP contribution in [0.3, 0.4) is 0 Å². The maximum atomic E-state index is 13.6. The Morgan fingerprint density at radius 3 is 3.00 bits per heavy atom. The van der Waals surface area contributed by atoms with Gasteiger partial charge in [-0.05, 0) is 19.9 Å². The third kappa shape index (κ3) is 2.96. The van der Waals surface area contributed by atoms with E-state index in [1.54, 1.807) is 6.07 Å². The normalized spacial score (nSPS) is 10.6. The number of fused-ring (bicyclic) bond motifs is 1. The molecule has 0 unspecified atom stereocenters. The van der Waals surface area contributed by atoms with E-state index in [0.29, 0.717) is 16.6 Å². The zero-order valence-corrected chi connectivity index (χ0v) is 11.0. The van der Waals surface area contributed by atoms with Crippen molar-refractivity contribution in [2.75, 3.05) is 6.61 Å². The minimum absolute atomic E-state index is 0.232. The molecule has 0 aliphatic rings. The molecule has 2 rings (SSSR count). The quantitative estimate of drug-likeness (QED) is 0.770. The molecule has 2 nitrogen and oxygen atoms in total. The molecule has 1 aromatic heterocycles. The fourth-order valence-corrected chi connectivity index (χ4v) is 2.35. The number of hydrogen-bond acceptors (Lipinski definition) is 3. The van der Waals surface area contributed by atoms with E-state index in [1.807, 2.05) is 19.9 Å². The summed E-state index contributed by atoms with van der Waals surface area (Å²) in [5.41, 5.74) is 1.69. The van der Waals surface area contributed by atoms with Crippen molar-refractivity contribution in [3.8, 4) is 5.75 Å². The predicted octanol–water partition coefficient (Wildman–Crippen LogP) is 4.43. The average molecular weight is 272 g/mol. The molecule has 0 spiro atoms. The Balaban J connectivity index is 2.27. The Hall–Kier alpha value is -1.13. The summed E-state index contributed by atoms with van der Waals surface area (Å²) in [6, 6.07) is 2.97. The highest BCUT2D eigenvalue weighted by Gasteiger charge is 2.09. The van der Waals surface area contributed by atoms with Crippen molar-refractivity contribution < 1.29 is 9.13 Å². The molecule has 17 heavy (non-hydrogen) atoms. The van der Waals surface area contributed by atoms with Gasteiger partial charge in [-0.15, -0.1) is 11.3 Å². The Labute approximate surface area is 108 Å². The lowest BCUT2D eigenvalue weighted by Crippen LogP contribution is -1.96. The molecule has 0 N–H and O–H groups in total. The van der Waals surface area contributed by atoms with Crippen LogP contribution in [0, 0.1) is 5.82 Å². The van der Waals surface area contributed by atoms with Gasteiger partial charge in [-0.25, -0.2) is 9.37 Å². The van der Waals surface area contributed by atoms with Crippen LogP contribution in [-0.2, 0) is 0 Å². The highest BCUT2D eigenvalue weighted by atomic mass is 35.5. The second-order valence-electron chi connectivity index (χ2n) is 3.81. The number of aromatic nitrogens is 1. The van der Waals surface area contributed by atoms with Crippen molar-refractivity contribution in [1.29, 1.82) is 0 Å². The van der Waals surface area contributed by atoms with Crippen LogP contribution >= 0.6 is 22.9 Å². The summed E-state index contributed by atoms with van der Waals surface area (Å²) in [4.78, 5) is 4.00. The number of nitrogens with zero attached hydrogens (tertiary/aromatic N) is 1. The highest BCUT2D eigenvalue weighted by Crippen LogP contribution is 2.31. The zero-order chi connectivity index (χ0) is 12.4. The van der Waals surface area contributed by atoms with Crippen LogP contribution in [0.25, 0.3) is 10.2 Å². The first-order valence-corrected chi connectivity index (χ1v) is 6.27. The molecule has 0 bridgehead atoms. The average Bonchev–Trinajstić information content (AvgIpc) is 2.57. The van der Waals surface area contributed by atoms with Gasteiger partial charge in [0.2, 0.25) is 0 Å². The van der Waals surface area contributed by atoms with Crippen LogP contribution in [0.1, 0.15) is 13.8 Å². The standard InChI is InChI=1S/C12H11ClFNOS/c1-7(2)3-4-16-10-6-11-9(5-8(10)14)15-12(13)17-11/h3,5-6H,4H2,1-2H3. The van der Waals surface area contributed by atoms with Crippen LogP contribution < -0.4 is 4.74 Å². The van der Waals surface area contributed by atoms with Gasteiger partial charge in [0, 0.05) is 12.1 Å². The Kier molecular flexibility index (Phi) is 3.64. The number of rotatable bonds is 3. The van der Waals surface area contributed by atoms with Gasteiger partial charge >= 0.3 is 0 Å². The van der Waals surface area contributed by atoms with E-state index >= 15 is 0 Å². The van der Waals surface area contributed by atoms with Gasteiger partial charge in [0.05, 0.1) is 10.2 Å². The topological polar surface area (TPSA) is 22.1 Å². The van der Waals surface area contributed by atoms with E-state index in [2.05, 4.69) is 4.98 Å². The van der Waals surface area contributed by atoms with Crippen LogP contribution in [0.4, 0.5) is 4.39 Å². The van der Waals surface area contributed by atoms with E-state index < -0.39 is 5.82 Å². The van der Waals surface area contributed by atoms with Crippen molar-refractivity contribution in [3.05, 3.63) is 34.1 Å². The van der Waals surface area contributed by atoms with Gasteiger partial charge in [0.1, 0.15) is 6.61 Å². The van der Waals surface area contributed by atoms with Crippen molar-refractivity contribution in [3.63, 3.8) is 0 Å². The van der Waals surface area contributed by atoms with Gasteiger partial charge in [0.25, 0.3) is 0 Å². The summed E-state index contributed by atoms with van der Waals surface area (Å²) in [5.74, 6) is -0.183. The summed E-state index contributed by atoms with van der Waals surface area (Å²) in [6.07, 6.45) is 1.89. The van der Waals surface area contributed by atoms with Crippen LogP contribution in [-0.4, -0.2) is 11.6 Å². The fourth-order valence-electron chi connectivity index (χ4n) is 1.31. The third-order valence-corrected chi connectivity index (χ3v) is 3.27. The van der Waals surface area contributed by atoms with Crippen LogP contribution in [0.15, 0.2) is 23.8 Å². The largest absolute Gasteiger partial charge is 0.486 e. The molecule has 2 aromatic rings. The molecule has 0 fully saturated rings. The number of thiazole rings is 1. The molecular weight excluding hydrogens is 261 g/mol. The zero-order valence-electron chi connectivity index (χ0n) is 9.46. The monoisotopic (exact) mass is 271 g/mol. The van der Waals surface area contributed by atoms with Crippen molar-refractivity contribution in [2.45, 2.75) is 13.8 Å². The first-order valence-electron chi connectivity index (χ1n) is 5.08. The maximum absolute atomic E-state index is 13.6. The molecule has 0 aliphatic carbocycles.